The van der Waals surface area contributed by atoms with Crippen LogP contribution in [0.4, 0.5) is 0 Å². The van der Waals surface area contributed by atoms with Crippen LogP contribution in [0.1, 0.15) is 48.0 Å². The Bertz CT molecular complexity index is 395. The molecule has 112 valence electrons. The van der Waals surface area contributed by atoms with Crippen LogP contribution in [-0.2, 0) is 9.31 Å². The zero-order valence-corrected chi connectivity index (χ0v) is 13.8. The number of likely N-dealkylation sites (N-methyl/N-ethyl adjacent to an activating group) is 1. The molecule has 0 aromatic heterocycles. The van der Waals surface area contributed by atoms with Gasteiger partial charge in [-0.25, -0.2) is 0 Å². The van der Waals surface area contributed by atoms with Crippen molar-refractivity contribution in [2.45, 2.75) is 65.0 Å². The zero-order chi connectivity index (χ0) is 15.0. The molecule has 0 aromatic carbocycles. The van der Waals surface area contributed by atoms with Crippen LogP contribution < -0.4 is 0 Å². The maximum Gasteiger partial charge on any atom is 0.465 e. The molecule has 0 radical (unpaired) electrons. The molecule has 1 saturated heterocycles. The Morgan fingerprint density at radius 2 is 1.70 bits per heavy atom. The average Bonchev–Trinajstić information content (AvgIpc) is 2.61. The zero-order valence-electron chi connectivity index (χ0n) is 13.8. The number of hydrogen-bond acceptors (Lipinski definition) is 3. The summed E-state index contributed by atoms with van der Waals surface area (Å²) in [7, 11) is -0.134. The molecule has 0 bridgehead atoms. The quantitative estimate of drug-likeness (QED) is 0.732. The smallest absolute Gasteiger partial charge is 0.403 e. The lowest BCUT2D eigenvalue weighted by Crippen LogP contribution is -2.41. The summed E-state index contributed by atoms with van der Waals surface area (Å²) in [5.74, 6) is 0.315. The van der Waals surface area contributed by atoms with E-state index < -0.39 is 0 Å². The predicted octanol–water partition coefficient (Wildman–Crippen LogP) is 3.63. The lowest BCUT2D eigenvalue weighted by atomic mass is 9.68. The third-order valence-electron chi connectivity index (χ3n) is 4.86. The van der Waals surface area contributed by atoms with E-state index in [0.717, 1.165) is 19.5 Å². The van der Waals surface area contributed by atoms with Gasteiger partial charge in [0, 0.05) is 24.6 Å². The van der Waals surface area contributed by atoms with Crippen molar-refractivity contribution in [2.75, 3.05) is 13.1 Å². The van der Waals surface area contributed by atoms with Crippen LogP contribution in [0.25, 0.3) is 0 Å². The van der Waals surface area contributed by atoms with Gasteiger partial charge in [0.15, 0.2) is 0 Å². The minimum Gasteiger partial charge on any atom is -0.403 e. The summed E-state index contributed by atoms with van der Waals surface area (Å²) >= 11 is 0. The second-order valence-electron chi connectivity index (χ2n) is 6.68. The van der Waals surface area contributed by atoms with Crippen LogP contribution in [0.3, 0.4) is 0 Å². The van der Waals surface area contributed by atoms with Gasteiger partial charge in [0.25, 0.3) is 0 Å². The van der Waals surface area contributed by atoms with Crippen molar-refractivity contribution in [1.82, 2.24) is 4.90 Å². The molecule has 3 nitrogen and oxygen atoms in total. The molecular formula is C16H28BNO2. The second-order valence-corrected chi connectivity index (χ2v) is 6.68. The van der Waals surface area contributed by atoms with Crippen molar-refractivity contribution < 1.29 is 9.31 Å². The van der Waals surface area contributed by atoms with E-state index in [-0.39, 0.29) is 18.3 Å². The number of rotatable bonds is 4. The first-order chi connectivity index (χ1) is 9.30. The lowest BCUT2D eigenvalue weighted by molar-refractivity contribution is 0.00578. The van der Waals surface area contributed by atoms with Crippen LogP contribution in [0.15, 0.2) is 23.9 Å². The summed E-state index contributed by atoms with van der Waals surface area (Å²) in [5.41, 5.74) is 0.839. The minimum absolute atomic E-state index is 0.134. The highest BCUT2D eigenvalue weighted by molar-refractivity contribution is 6.48. The highest BCUT2D eigenvalue weighted by Gasteiger charge is 2.53. The van der Waals surface area contributed by atoms with Crippen molar-refractivity contribution in [1.29, 1.82) is 0 Å². The Labute approximate surface area is 124 Å². The van der Waals surface area contributed by atoms with Gasteiger partial charge in [-0.15, -0.1) is 0 Å². The molecule has 0 N–H and O–H groups in total. The Kier molecular flexibility index (Phi) is 4.36. The molecule has 1 fully saturated rings. The van der Waals surface area contributed by atoms with Crippen molar-refractivity contribution in [3.63, 3.8) is 0 Å². The Morgan fingerprint density at radius 1 is 1.15 bits per heavy atom. The van der Waals surface area contributed by atoms with Gasteiger partial charge in [-0.3, -0.25) is 0 Å². The maximum atomic E-state index is 6.14. The SMILES string of the molecule is CCN(CC)C1=CC[C@@H](B2OC(C)(C)C(C)(C)O2)C=C1. The number of nitrogens with zero attached hydrogens (tertiary/aromatic N) is 1. The van der Waals surface area contributed by atoms with Crippen LogP contribution in [0, 0.1) is 0 Å². The molecule has 1 aliphatic carbocycles. The first kappa shape index (κ1) is 15.6. The molecule has 2 aliphatic rings. The molecule has 0 aromatic rings. The van der Waals surface area contributed by atoms with Crippen molar-refractivity contribution in [3.05, 3.63) is 23.9 Å². The summed E-state index contributed by atoms with van der Waals surface area (Å²) in [6.07, 6.45) is 7.75. The standard InChI is InChI=1S/C16H28BNO2/c1-7-18(8-2)14-11-9-13(10-12-14)17-19-15(3,4)16(5,6)20-17/h9,11-13H,7-8,10H2,1-6H3/t13-/m0/s1. The van der Waals surface area contributed by atoms with Crippen LogP contribution in [0.5, 0.6) is 0 Å². The first-order valence-electron chi connectivity index (χ1n) is 7.79. The van der Waals surface area contributed by atoms with Gasteiger partial charge >= 0.3 is 7.12 Å². The summed E-state index contributed by atoms with van der Waals surface area (Å²) < 4.78 is 12.3. The van der Waals surface area contributed by atoms with Crippen LogP contribution in [0.2, 0.25) is 5.82 Å². The second kappa shape index (κ2) is 5.57. The van der Waals surface area contributed by atoms with Gasteiger partial charge in [-0.2, -0.15) is 0 Å². The van der Waals surface area contributed by atoms with E-state index in [1.54, 1.807) is 0 Å². The summed E-state index contributed by atoms with van der Waals surface area (Å²) in [5, 5.41) is 0. The summed E-state index contributed by atoms with van der Waals surface area (Å²) in [4.78, 5) is 2.37. The lowest BCUT2D eigenvalue weighted by Gasteiger charge is -2.32. The highest BCUT2D eigenvalue weighted by Crippen LogP contribution is 2.42. The van der Waals surface area contributed by atoms with Crippen LogP contribution in [-0.4, -0.2) is 36.3 Å². The normalized spacial score (nSPS) is 27.6. The topological polar surface area (TPSA) is 21.7 Å². The van der Waals surface area contributed by atoms with E-state index in [1.165, 1.54) is 5.70 Å². The molecule has 0 saturated carbocycles. The summed E-state index contributed by atoms with van der Waals surface area (Å²) in [6, 6.07) is 0. The van der Waals surface area contributed by atoms with E-state index >= 15 is 0 Å². The predicted molar refractivity (Wildman–Crippen MR) is 84.6 cm³/mol. The van der Waals surface area contributed by atoms with E-state index in [4.69, 9.17) is 9.31 Å². The fourth-order valence-electron chi connectivity index (χ4n) is 2.71. The van der Waals surface area contributed by atoms with E-state index in [9.17, 15) is 0 Å². The molecule has 0 unspecified atom stereocenters. The molecule has 0 amide bonds. The van der Waals surface area contributed by atoms with Gasteiger partial charge in [-0.1, -0.05) is 12.2 Å². The highest BCUT2D eigenvalue weighted by atomic mass is 16.7. The molecular weight excluding hydrogens is 249 g/mol. The molecule has 1 aliphatic heterocycles. The van der Waals surface area contributed by atoms with Crippen molar-refractivity contribution in [2.24, 2.45) is 0 Å². The minimum atomic E-state index is -0.242. The summed E-state index contributed by atoms with van der Waals surface area (Å²) in [6.45, 7) is 14.9. The van der Waals surface area contributed by atoms with Crippen molar-refractivity contribution >= 4 is 7.12 Å². The fraction of sp³-hybridized carbons (Fsp3) is 0.750. The average molecular weight is 277 g/mol. The van der Waals surface area contributed by atoms with Gasteiger partial charge in [0.1, 0.15) is 0 Å². The third-order valence-corrected chi connectivity index (χ3v) is 4.86. The third kappa shape index (κ3) is 2.82. The number of hydrogen-bond donors (Lipinski definition) is 0. The van der Waals surface area contributed by atoms with Crippen molar-refractivity contribution in [3.8, 4) is 0 Å². The van der Waals surface area contributed by atoms with Crippen LogP contribution >= 0.6 is 0 Å². The fourth-order valence-corrected chi connectivity index (χ4v) is 2.71. The van der Waals surface area contributed by atoms with Gasteiger partial charge in [-0.05, 0) is 54.0 Å². The molecule has 1 atom stereocenters. The molecule has 0 spiro atoms. The Morgan fingerprint density at radius 3 is 2.10 bits per heavy atom. The molecule has 4 heteroatoms. The first-order valence-corrected chi connectivity index (χ1v) is 7.79. The van der Waals surface area contributed by atoms with Gasteiger partial charge < -0.3 is 14.2 Å². The van der Waals surface area contributed by atoms with Gasteiger partial charge in [0.2, 0.25) is 0 Å². The maximum absolute atomic E-state index is 6.14. The Hall–Kier alpha value is -0.735. The molecule has 2 rings (SSSR count). The van der Waals surface area contributed by atoms with Gasteiger partial charge in [0.05, 0.1) is 11.2 Å². The Balaban J connectivity index is 2.01. The number of allylic oxidation sites excluding steroid dienone is 3. The van der Waals surface area contributed by atoms with E-state index in [0.29, 0.717) is 5.82 Å². The molecule has 20 heavy (non-hydrogen) atoms. The van der Waals surface area contributed by atoms with E-state index in [1.807, 2.05) is 0 Å². The largest absolute Gasteiger partial charge is 0.465 e. The molecule has 1 heterocycles. The van der Waals surface area contributed by atoms with E-state index in [2.05, 4.69) is 64.7 Å². The monoisotopic (exact) mass is 277 g/mol.